The number of nitrogens with zero attached hydrogens (tertiary/aromatic N) is 9. The van der Waals surface area contributed by atoms with Gasteiger partial charge in [-0.1, -0.05) is 68.4 Å². The molecule has 16 nitrogen and oxygen atoms in total. The minimum atomic E-state index is -0.559. The number of amides is 2. The number of piperidine rings is 1. The molecule has 4 aromatic heterocycles. The van der Waals surface area contributed by atoms with Crippen molar-refractivity contribution >= 4 is 56.5 Å². The molecule has 5 fully saturated rings. The highest BCUT2D eigenvalue weighted by Crippen LogP contribution is 2.41. The van der Waals surface area contributed by atoms with Crippen molar-refractivity contribution in [1.29, 1.82) is 0 Å². The number of hydrogen-bond acceptors (Lipinski definition) is 15. The molecule has 0 radical (unpaired) electrons. The van der Waals surface area contributed by atoms with Gasteiger partial charge in [0.25, 0.3) is 0 Å². The lowest BCUT2D eigenvalue weighted by Crippen LogP contribution is -2.51. The van der Waals surface area contributed by atoms with Crippen LogP contribution in [0.2, 0.25) is 0 Å². The normalized spacial score (nSPS) is 21.1. The van der Waals surface area contributed by atoms with E-state index in [0.29, 0.717) is 66.0 Å². The average Bonchev–Trinajstić information content (AvgIpc) is 4.35. The van der Waals surface area contributed by atoms with E-state index in [1.807, 2.05) is 57.5 Å². The number of nitrogens with one attached hydrogen (secondary N) is 2. The van der Waals surface area contributed by atoms with Crippen LogP contribution < -0.4 is 25.2 Å². The maximum absolute atomic E-state index is 17.2. The number of aryl methyl sites for hydroxylation is 2. The molecule has 2 amide bonds. The van der Waals surface area contributed by atoms with Crippen molar-refractivity contribution < 1.29 is 28.3 Å². The molecule has 18 heteroatoms. The first kappa shape index (κ1) is 53.9. The lowest BCUT2D eigenvalue weighted by Gasteiger charge is -2.43. The van der Waals surface area contributed by atoms with Gasteiger partial charge in [0.2, 0.25) is 11.8 Å². The minimum Gasteiger partial charge on any atom is -0.508 e. The third-order valence-corrected chi connectivity index (χ3v) is 18.9. The number of pyridine rings is 1. The van der Waals surface area contributed by atoms with Gasteiger partial charge in [0.15, 0.2) is 17.4 Å². The smallest absolute Gasteiger partial charge is 0.319 e. The van der Waals surface area contributed by atoms with Crippen molar-refractivity contribution in [1.82, 2.24) is 45.5 Å². The number of halogens is 1. The second-order valence-electron chi connectivity index (χ2n) is 23.7. The third-order valence-electron chi connectivity index (χ3n) is 17.9. The Balaban J connectivity index is 0.645. The molecule has 6 atom stereocenters. The number of ether oxygens (including phenoxy) is 1. The Morgan fingerprint density at radius 2 is 1.69 bits per heavy atom. The third kappa shape index (κ3) is 10.7. The molecule has 5 aliphatic heterocycles. The summed E-state index contributed by atoms with van der Waals surface area (Å²) in [6.07, 6.45) is 9.32. The molecule has 5 saturated heterocycles. The lowest BCUT2D eigenvalue weighted by molar-refractivity contribution is -0.141. The second kappa shape index (κ2) is 22.6. The summed E-state index contributed by atoms with van der Waals surface area (Å²) in [6, 6.07) is 19.6. The molecule has 7 aromatic rings. The van der Waals surface area contributed by atoms with Crippen molar-refractivity contribution in [3.05, 3.63) is 101 Å². The van der Waals surface area contributed by atoms with E-state index in [0.717, 1.165) is 128 Å². The van der Waals surface area contributed by atoms with Gasteiger partial charge in [-0.05, 0) is 143 Å². The van der Waals surface area contributed by atoms with E-state index in [1.54, 1.807) is 34.6 Å². The van der Waals surface area contributed by atoms with Gasteiger partial charge in [-0.25, -0.2) is 9.37 Å². The number of fused-ring (bicyclic) bond motifs is 4. The fourth-order valence-electron chi connectivity index (χ4n) is 13.5. The van der Waals surface area contributed by atoms with Crippen molar-refractivity contribution in [2.75, 3.05) is 62.2 Å². The maximum Gasteiger partial charge on any atom is 0.319 e. The molecule has 6 unspecified atom stereocenters. The number of piperazine rings is 1. The molecular weight excluding hydrogens is 1030 g/mol. The largest absolute Gasteiger partial charge is 0.508 e. The standard InChI is InChI=1S/C62H74FN11O5S/c1-7-41-10-8-11-44-25-47(75)26-48(54(41)44)56-55(63)57-49(28-64-56)59(73-31-45-17-18-46(32-73)67-45)69-62(68-57)78-33-36(4)71-22-19-39(20-23-71)24-40-29-72(30-40)52-27-51(79-70-52)53(35(2)3)61(77)74-21-9-12-50(74)60(76)66-37(5)42-13-15-43(16-14-42)58-38(6)65-34-80-58/h8,10-11,13-16,25-28,34-37,39-40,45-46,50,53,67,75H,7,9,12,17-24,29-33H2,1-6H3,(H,66,76). The van der Waals surface area contributed by atoms with Crippen LogP contribution in [-0.2, 0) is 16.0 Å². The Labute approximate surface area is 471 Å². The van der Waals surface area contributed by atoms with Crippen LogP contribution in [0.25, 0.3) is 43.4 Å². The number of anilines is 2. The number of likely N-dealkylation sites (tertiary alicyclic amines) is 2. The fraction of sp³-hybridized carbons (Fsp3) is 0.500. The highest BCUT2D eigenvalue weighted by molar-refractivity contribution is 7.13. The molecule has 420 valence electrons. The Bertz CT molecular complexity index is 3380. The maximum atomic E-state index is 17.2. The van der Waals surface area contributed by atoms with E-state index < -0.39 is 17.8 Å². The van der Waals surface area contributed by atoms with E-state index in [1.165, 1.54) is 0 Å². The fourth-order valence-corrected chi connectivity index (χ4v) is 14.3. The molecule has 2 bridgehead atoms. The zero-order valence-electron chi connectivity index (χ0n) is 46.8. The molecule has 9 heterocycles. The Hall–Kier alpha value is -6.76. The molecule has 80 heavy (non-hydrogen) atoms. The molecule has 3 aromatic carbocycles. The summed E-state index contributed by atoms with van der Waals surface area (Å²) in [5.74, 6) is 1.76. The number of aromatic nitrogens is 5. The molecular formula is C62H74FN11O5S. The summed E-state index contributed by atoms with van der Waals surface area (Å²) in [4.78, 5) is 56.9. The first-order valence-electron chi connectivity index (χ1n) is 29.1. The van der Waals surface area contributed by atoms with Gasteiger partial charge in [0.1, 0.15) is 41.3 Å². The van der Waals surface area contributed by atoms with Crippen molar-refractivity contribution in [3.8, 4) is 33.5 Å². The topological polar surface area (TPSA) is 178 Å². The van der Waals surface area contributed by atoms with Crippen LogP contribution in [0.3, 0.4) is 0 Å². The SMILES string of the molecule is CCc1cccc2cc(O)cc(-c3ncc4c(N5CC6CCC(C5)N6)nc(OCC(C)N5CCC(CC6CN(c7cc(C(C(=O)N8CCCC8C(=O)NC(C)c8ccc(-c9scnc9C)cc8)C(C)C)on7)C6)CC5)nc4c3F)c12. The number of phenols is 1. The van der Waals surface area contributed by atoms with Gasteiger partial charge in [0.05, 0.1) is 27.5 Å². The summed E-state index contributed by atoms with van der Waals surface area (Å²) in [5, 5.41) is 24.4. The molecule has 0 spiro atoms. The summed E-state index contributed by atoms with van der Waals surface area (Å²) in [6.45, 7) is 18.4. The Morgan fingerprint density at radius 3 is 2.41 bits per heavy atom. The number of benzene rings is 3. The number of thiazole rings is 1. The van der Waals surface area contributed by atoms with E-state index in [9.17, 15) is 14.7 Å². The van der Waals surface area contributed by atoms with Crippen LogP contribution in [0.5, 0.6) is 11.8 Å². The number of carbonyl (C=O) groups excluding carboxylic acids is 2. The van der Waals surface area contributed by atoms with Crippen molar-refractivity contribution in [3.63, 3.8) is 0 Å². The molecule has 5 aliphatic rings. The molecule has 12 rings (SSSR count). The van der Waals surface area contributed by atoms with Crippen LogP contribution in [0.15, 0.2) is 76.9 Å². The van der Waals surface area contributed by atoms with Gasteiger partial charge in [-0.2, -0.15) is 9.97 Å². The molecule has 0 saturated carbocycles. The van der Waals surface area contributed by atoms with Gasteiger partial charge in [-0.3, -0.25) is 19.5 Å². The minimum absolute atomic E-state index is 0.0482. The number of carbonyl (C=O) groups is 2. The first-order valence-corrected chi connectivity index (χ1v) is 30.0. The highest BCUT2D eigenvalue weighted by Gasteiger charge is 2.42. The Kier molecular flexibility index (Phi) is 15.2. The summed E-state index contributed by atoms with van der Waals surface area (Å²) < 4.78 is 29.6. The molecule has 0 aliphatic carbocycles. The van der Waals surface area contributed by atoms with Gasteiger partial charge >= 0.3 is 6.01 Å². The van der Waals surface area contributed by atoms with Crippen molar-refractivity contribution in [2.45, 2.75) is 129 Å². The van der Waals surface area contributed by atoms with Crippen LogP contribution in [0.1, 0.15) is 114 Å². The average molecular weight is 1100 g/mol. The van der Waals surface area contributed by atoms with Crippen molar-refractivity contribution in [2.24, 2.45) is 17.8 Å². The monoisotopic (exact) mass is 1100 g/mol. The van der Waals surface area contributed by atoms with E-state index in [-0.39, 0.29) is 52.8 Å². The summed E-state index contributed by atoms with van der Waals surface area (Å²) >= 11 is 1.62. The van der Waals surface area contributed by atoms with Crippen LogP contribution >= 0.6 is 11.3 Å². The zero-order chi connectivity index (χ0) is 55.3. The highest BCUT2D eigenvalue weighted by atomic mass is 32.1. The Morgan fingerprint density at radius 1 is 0.912 bits per heavy atom. The molecule has 3 N–H and O–H groups in total. The van der Waals surface area contributed by atoms with Crippen LogP contribution in [0.4, 0.5) is 16.0 Å². The van der Waals surface area contributed by atoms with E-state index in [2.05, 4.69) is 73.6 Å². The van der Waals surface area contributed by atoms with Crippen LogP contribution in [0, 0.1) is 30.5 Å². The van der Waals surface area contributed by atoms with E-state index in [4.69, 9.17) is 24.2 Å². The van der Waals surface area contributed by atoms with Gasteiger partial charge in [-0.15, -0.1) is 11.3 Å². The summed E-state index contributed by atoms with van der Waals surface area (Å²) in [7, 11) is 0. The van der Waals surface area contributed by atoms with E-state index >= 15 is 4.39 Å². The number of rotatable bonds is 17. The van der Waals surface area contributed by atoms with Crippen LogP contribution in [-0.4, -0.2) is 128 Å². The first-order chi connectivity index (χ1) is 38.8. The predicted octanol–water partition coefficient (Wildman–Crippen LogP) is 10.2. The number of hydrogen-bond donors (Lipinski definition) is 3. The second-order valence-corrected chi connectivity index (χ2v) is 24.5. The van der Waals surface area contributed by atoms with Gasteiger partial charge < -0.3 is 39.7 Å². The van der Waals surface area contributed by atoms with Gasteiger partial charge in [0, 0.05) is 68.7 Å². The lowest BCUT2D eigenvalue weighted by atomic mass is 9.83. The number of phenolic OH excluding ortho intramolecular Hbond substituents is 1. The summed E-state index contributed by atoms with van der Waals surface area (Å²) in [5.41, 5.74) is 6.85. The zero-order valence-corrected chi connectivity index (χ0v) is 47.6. The predicted molar refractivity (Wildman–Crippen MR) is 311 cm³/mol. The number of aromatic hydroxyl groups is 1. The quantitative estimate of drug-likeness (QED) is 0.0785.